The molecule has 0 saturated carbocycles. The van der Waals surface area contributed by atoms with Gasteiger partial charge in [0, 0.05) is 16.8 Å². The standard InChI is InChI=1S/C15H18BrFN4OS/c1-9(2)13(8-22)20-14-12(16)7-18-15(21-14)19-10-4-3-5-11(6-10)23-17/h3-7,9,13,22H,8H2,1-2H3,(H2,18,19,20,21). The number of anilines is 3. The Kier molecular flexibility index (Phi) is 6.61. The van der Waals surface area contributed by atoms with Gasteiger partial charge < -0.3 is 15.7 Å². The van der Waals surface area contributed by atoms with Gasteiger partial charge in [-0.05, 0) is 40.0 Å². The van der Waals surface area contributed by atoms with Crippen LogP contribution in [0.3, 0.4) is 0 Å². The third-order valence-electron chi connectivity index (χ3n) is 3.25. The smallest absolute Gasteiger partial charge is 0.229 e. The summed E-state index contributed by atoms with van der Waals surface area (Å²) in [4.78, 5) is 9.10. The van der Waals surface area contributed by atoms with E-state index in [9.17, 15) is 8.99 Å². The minimum absolute atomic E-state index is 0.00659. The maximum atomic E-state index is 12.6. The fourth-order valence-electron chi connectivity index (χ4n) is 1.88. The molecular weight excluding hydrogens is 383 g/mol. The zero-order chi connectivity index (χ0) is 16.8. The fraction of sp³-hybridized carbons (Fsp3) is 0.333. The van der Waals surface area contributed by atoms with Crippen LogP contribution in [0.1, 0.15) is 13.8 Å². The largest absolute Gasteiger partial charge is 0.394 e. The maximum absolute atomic E-state index is 12.6. The molecule has 2 aromatic rings. The van der Waals surface area contributed by atoms with E-state index in [-0.39, 0.29) is 30.7 Å². The van der Waals surface area contributed by atoms with Crippen LogP contribution in [0.5, 0.6) is 0 Å². The van der Waals surface area contributed by atoms with Crippen molar-refractivity contribution in [1.82, 2.24) is 9.97 Å². The highest BCUT2D eigenvalue weighted by atomic mass is 79.9. The van der Waals surface area contributed by atoms with E-state index in [0.29, 0.717) is 26.8 Å². The quantitative estimate of drug-likeness (QED) is 0.640. The number of hydrogen-bond donors (Lipinski definition) is 3. The predicted octanol–water partition coefficient (Wildman–Crippen LogP) is 4.39. The van der Waals surface area contributed by atoms with Crippen molar-refractivity contribution in [3.05, 3.63) is 34.9 Å². The highest BCUT2D eigenvalue weighted by Gasteiger charge is 2.15. The van der Waals surface area contributed by atoms with Gasteiger partial charge in [0.25, 0.3) is 0 Å². The predicted molar refractivity (Wildman–Crippen MR) is 95.8 cm³/mol. The number of aromatic nitrogens is 2. The molecule has 0 radical (unpaired) electrons. The van der Waals surface area contributed by atoms with Crippen molar-refractivity contribution in [2.45, 2.75) is 24.8 Å². The van der Waals surface area contributed by atoms with Gasteiger partial charge in [0.1, 0.15) is 5.82 Å². The monoisotopic (exact) mass is 400 g/mol. The van der Waals surface area contributed by atoms with Crippen molar-refractivity contribution in [3.8, 4) is 0 Å². The zero-order valence-electron chi connectivity index (χ0n) is 12.8. The van der Waals surface area contributed by atoms with Crippen LogP contribution in [-0.2, 0) is 0 Å². The molecule has 8 heteroatoms. The number of halogens is 2. The first-order valence-corrected chi connectivity index (χ1v) is 8.60. The summed E-state index contributed by atoms with van der Waals surface area (Å²) < 4.78 is 13.3. The molecule has 2 rings (SSSR count). The molecule has 0 saturated heterocycles. The van der Waals surface area contributed by atoms with Crippen molar-refractivity contribution in [2.24, 2.45) is 5.92 Å². The summed E-state index contributed by atoms with van der Waals surface area (Å²) in [5.41, 5.74) is 0.698. The Morgan fingerprint density at radius 3 is 2.83 bits per heavy atom. The van der Waals surface area contributed by atoms with Crippen molar-refractivity contribution >= 4 is 45.5 Å². The molecule has 0 aliphatic carbocycles. The number of benzene rings is 1. The van der Waals surface area contributed by atoms with E-state index in [0.717, 1.165) is 0 Å². The lowest BCUT2D eigenvalue weighted by molar-refractivity contribution is 0.249. The highest BCUT2D eigenvalue weighted by molar-refractivity contribution is 9.10. The van der Waals surface area contributed by atoms with Crippen LogP contribution in [-0.4, -0.2) is 27.7 Å². The summed E-state index contributed by atoms with van der Waals surface area (Å²) >= 11 is 3.58. The van der Waals surface area contributed by atoms with Crippen molar-refractivity contribution in [2.75, 3.05) is 17.2 Å². The van der Waals surface area contributed by atoms with Gasteiger partial charge in [0.05, 0.1) is 29.3 Å². The Balaban J connectivity index is 2.19. The molecule has 1 atom stereocenters. The average Bonchev–Trinajstić information content (AvgIpc) is 2.55. The molecule has 1 aromatic heterocycles. The highest BCUT2D eigenvalue weighted by Crippen LogP contribution is 2.26. The minimum atomic E-state index is -0.111. The Labute approximate surface area is 147 Å². The first kappa shape index (κ1) is 18.0. The van der Waals surface area contributed by atoms with Gasteiger partial charge >= 0.3 is 0 Å². The molecular formula is C15H18BrFN4OS. The topological polar surface area (TPSA) is 70.1 Å². The van der Waals surface area contributed by atoms with Gasteiger partial charge in [-0.2, -0.15) is 8.87 Å². The first-order valence-electron chi connectivity index (χ1n) is 7.09. The molecule has 1 aromatic carbocycles. The van der Waals surface area contributed by atoms with Crippen LogP contribution in [0, 0.1) is 5.92 Å². The Morgan fingerprint density at radius 2 is 2.17 bits per heavy atom. The summed E-state index contributed by atoms with van der Waals surface area (Å²) in [5, 5.41) is 15.7. The number of aliphatic hydroxyl groups is 1. The lowest BCUT2D eigenvalue weighted by Gasteiger charge is -2.21. The Bertz CT molecular complexity index is 659. The zero-order valence-corrected chi connectivity index (χ0v) is 15.2. The summed E-state index contributed by atoms with van der Waals surface area (Å²) in [6, 6.07) is 6.81. The van der Waals surface area contributed by atoms with E-state index in [4.69, 9.17) is 0 Å². The summed E-state index contributed by atoms with van der Waals surface area (Å²) in [7, 11) is 0. The lowest BCUT2D eigenvalue weighted by Crippen LogP contribution is -2.30. The third-order valence-corrected chi connectivity index (χ3v) is 4.26. The SMILES string of the molecule is CC(C)C(CO)Nc1nc(Nc2cccc(SF)c2)ncc1Br. The second-order valence-corrected chi connectivity index (χ2v) is 6.78. The number of nitrogens with one attached hydrogen (secondary N) is 2. The lowest BCUT2D eigenvalue weighted by atomic mass is 10.1. The molecule has 0 amide bonds. The molecule has 0 spiro atoms. The second-order valence-electron chi connectivity index (χ2n) is 5.30. The molecule has 3 N–H and O–H groups in total. The number of rotatable bonds is 7. The minimum Gasteiger partial charge on any atom is -0.394 e. The molecule has 5 nitrogen and oxygen atoms in total. The number of nitrogens with zero attached hydrogens (tertiary/aromatic N) is 2. The van der Waals surface area contributed by atoms with Crippen LogP contribution in [0.15, 0.2) is 39.8 Å². The Morgan fingerprint density at radius 1 is 1.39 bits per heavy atom. The van der Waals surface area contributed by atoms with Gasteiger partial charge in [0.15, 0.2) is 0 Å². The molecule has 1 unspecified atom stereocenters. The average molecular weight is 401 g/mol. The van der Waals surface area contributed by atoms with Gasteiger partial charge in [-0.25, -0.2) is 4.98 Å². The van der Waals surface area contributed by atoms with Crippen molar-refractivity contribution < 1.29 is 8.99 Å². The van der Waals surface area contributed by atoms with Crippen LogP contribution < -0.4 is 10.6 Å². The van der Waals surface area contributed by atoms with E-state index < -0.39 is 0 Å². The molecule has 124 valence electrons. The molecule has 0 fully saturated rings. The summed E-state index contributed by atoms with van der Waals surface area (Å²) in [6.45, 7) is 4.04. The van der Waals surface area contributed by atoms with Crippen molar-refractivity contribution in [3.63, 3.8) is 0 Å². The van der Waals surface area contributed by atoms with Crippen LogP contribution in [0.2, 0.25) is 0 Å². The molecule has 23 heavy (non-hydrogen) atoms. The summed E-state index contributed by atoms with van der Waals surface area (Å²) in [5.74, 6) is 1.22. The van der Waals surface area contributed by atoms with Gasteiger partial charge in [0.2, 0.25) is 5.95 Å². The van der Waals surface area contributed by atoms with Gasteiger partial charge in [-0.1, -0.05) is 19.9 Å². The van der Waals surface area contributed by atoms with E-state index in [1.54, 1.807) is 24.4 Å². The van der Waals surface area contributed by atoms with Crippen LogP contribution in [0.4, 0.5) is 21.3 Å². The van der Waals surface area contributed by atoms with E-state index in [1.165, 1.54) is 0 Å². The molecule has 1 heterocycles. The fourth-order valence-corrected chi connectivity index (χ4v) is 2.49. The third kappa shape index (κ3) is 5.05. The van der Waals surface area contributed by atoms with Crippen molar-refractivity contribution in [1.29, 1.82) is 0 Å². The number of hydrogen-bond acceptors (Lipinski definition) is 6. The van der Waals surface area contributed by atoms with Gasteiger partial charge in [-0.15, -0.1) is 0 Å². The van der Waals surface area contributed by atoms with Crippen LogP contribution >= 0.6 is 28.1 Å². The van der Waals surface area contributed by atoms with E-state index in [1.807, 2.05) is 19.9 Å². The first-order chi connectivity index (χ1) is 11.0. The van der Waals surface area contributed by atoms with Gasteiger partial charge in [-0.3, -0.25) is 0 Å². The second kappa shape index (κ2) is 8.47. The molecule has 0 aliphatic rings. The summed E-state index contributed by atoms with van der Waals surface area (Å²) in [6.07, 6.45) is 1.63. The molecule has 0 bridgehead atoms. The maximum Gasteiger partial charge on any atom is 0.229 e. The number of aliphatic hydroxyl groups excluding tert-OH is 1. The molecule has 0 aliphatic heterocycles. The van der Waals surface area contributed by atoms with E-state index >= 15 is 0 Å². The normalized spacial score (nSPS) is 12.3. The van der Waals surface area contributed by atoms with Crippen LogP contribution in [0.25, 0.3) is 0 Å². The Hall–Kier alpha value is -1.38. The van der Waals surface area contributed by atoms with E-state index in [2.05, 4.69) is 36.5 Å².